The van der Waals surface area contributed by atoms with Crippen molar-refractivity contribution in [2.24, 2.45) is 5.73 Å². The predicted molar refractivity (Wildman–Crippen MR) is 86.6 cm³/mol. The van der Waals surface area contributed by atoms with Gasteiger partial charge in [0.2, 0.25) is 5.82 Å². The van der Waals surface area contributed by atoms with Gasteiger partial charge in [-0.05, 0) is 20.3 Å². The van der Waals surface area contributed by atoms with Gasteiger partial charge in [0.1, 0.15) is 24.6 Å². The summed E-state index contributed by atoms with van der Waals surface area (Å²) in [5.74, 6) is -1.46. The van der Waals surface area contributed by atoms with Gasteiger partial charge in [-0.25, -0.2) is 9.67 Å². The van der Waals surface area contributed by atoms with Gasteiger partial charge >= 0.3 is 0 Å². The van der Waals surface area contributed by atoms with Crippen LogP contribution in [0, 0.1) is 0 Å². The van der Waals surface area contributed by atoms with E-state index in [-0.39, 0.29) is 24.1 Å². The summed E-state index contributed by atoms with van der Waals surface area (Å²) >= 11 is 0. The number of nitrogens with two attached hydrogens (primary N) is 1. The molecule has 9 nitrogen and oxygen atoms in total. The van der Waals surface area contributed by atoms with Crippen LogP contribution in [0.1, 0.15) is 56.9 Å². The molecule has 2 aliphatic rings. The summed E-state index contributed by atoms with van der Waals surface area (Å²) in [6, 6.07) is 0. The SMILES string of the molecule is CCCCCOC[C@H]1O[C@@H](n2cnc(C(N)=O)n2)[C@@H]2OC(C)(C)O[C@@H]21. The fraction of sp³-hybridized carbons (Fsp3) is 0.812. The summed E-state index contributed by atoms with van der Waals surface area (Å²) in [5.41, 5.74) is 5.21. The van der Waals surface area contributed by atoms with Gasteiger partial charge in [-0.3, -0.25) is 4.79 Å². The Hall–Kier alpha value is -1.55. The van der Waals surface area contributed by atoms with Crippen molar-refractivity contribution >= 4 is 5.91 Å². The lowest BCUT2D eigenvalue weighted by Gasteiger charge is -2.24. The van der Waals surface area contributed by atoms with Gasteiger partial charge in [0, 0.05) is 6.61 Å². The number of fused-ring (bicyclic) bond motifs is 1. The molecule has 0 aromatic carbocycles. The third kappa shape index (κ3) is 4.00. The molecule has 2 N–H and O–H groups in total. The molecule has 0 aliphatic carbocycles. The quantitative estimate of drug-likeness (QED) is 0.693. The zero-order valence-electron chi connectivity index (χ0n) is 14.9. The second-order valence-corrected chi connectivity index (χ2v) is 6.82. The zero-order chi connectivity index (χ0) is 18.0. The Bertz CT molecular complexity index is 605. The van der Waals surface area contributed by atoms with Gasteiger partial charge in [0.25, 0.3) is 5.91 Å². The van der Waals surface area contributed by atoms with Crippen LogP contribution in [0.5, 0.6) is 0 Å². The molecule has 1 amide bonds. The molecule has 140 valence electrons. The highest BCUT2D eigenvalue weighted by Crippen LogP contribution is 2.42. The summed E-state index contributed by atoms with van der Waals surface area (Å²) in [6.45, 7) is 6.97. The van der Waals surface area contributed by atoms with Crippen molar-refractivity contribution in [1.82, 2.24) is 14.8 Å². The third-order valence-electron chi connectivity index (χ3n) is 4.29. The lowest BCUT2D eigenvalue weighted by Crippen LogP contribution is -2.33. The van der Waals surface area contributed by atoms with Crippen molar-refractivity contribution in [2.75, 3.05) is 13.2 Å². The van der Waals surface area contributed by atoms with Gasteiger partial charge in [-0.15, -0.1) is 5.10 Å². The third-order valence-corrected chi connectivity index (χ3v) is 4.29. The van der Waals surface area contributed by atoms with E-state index < -0.39 is 17.9 Å². The van der Waals surface area contributed by atoms with Crippen LogP contribution in [-0.2, 0) is 18.9 Å². The number of hydrogen-bond donors (Lipinski definition) is 1. The minimum Gasteiger partial charge on any atom is -0.379 e. The molecule has 1 aromatic heterocycles. The molecule has 2 fully saturated rings. The number of carbonyl (C=O) groups is 1. The van der Waals surface area contributed by atoms with Crippen molar-refractivity contribution in [1.29, 1.82) is 0 Å². The van der Waals surface area contributed by atoms with E-state index in [0.29, 0.717) is 13.2 Å². The minimum absolute atomic E-state index is 0.0578. The molecular weight excluding hydrogens is 328 g/mol. The summed E-state index contributed by atoms with van der Waals surface area (Å²) in [5, 5.41) is 4.08. The van der Waals surface area contributed by atoms with Crippen molar-refractivity contribution in [3.63, 3.8) is 0 Å². The summed E-state index contributed by atoms with van der Waals surface area (Å²) in [7, 11) is 0. The first kappa shape index (κ1) is 18.2. The summed E-state index contributed by atoms with van der Waals surface area (Å²) < 4.78 is 25.2. The molecule has 0 spiro atoms. The van der Waals surface area contributed by atoms with Crippen LogP contribution in [0.3, 0.4) is 0 Å². The molecule has 3 rings (SSSR count). The Morgan fingerprint density at radius 2 is 2.12 bits per heavy atom. The fourth-order valence-electron chi connectivity index (χ4n) is 3.17. The van der Waals surface area contributed by atoms with E-state index in [1.54, 1.807) is 0 Å². The Morgan fingerprint density at radius 1 is 1.36 bits per heavy atom. The fourth-order valence-corrected chi connectivity index (χ4v) is 3.17. The van der Waals surface area contributed by atoms with Crippen LogP contribution in [0.15, 0.2) is 6.33 Å². The molecule has 0 unspecified atom stereocenters. The Kier molecular flexibility index (Phi) is 5.38. The van der Waals surface area contributed by atoms with Crippen LogP contribution >= 0.6 is 0 Å². The Morgan fingerprint density at radius 3 is 2.80 bits per heavy atom. The van der Waals surface area contributed by atoms with Crippen LogP contribution < -0.4 is 5.73 Å². The minimum atomic E-state index is -0.717. The largest absolute Gasteiger partial charge is 0.379 e. The second-order valence-electron chi connectivity index (χ2n) is 6.82. The van der Waals surface area contributed by atoms with Crippen molar-refractivity contribution < 1.29 is 23.7 Å². The van der Waals surface area contributed by atoms with Crippen molar-refractivity contribution in [3.8, 4) is 0 Å². The number of amides is 1. The molecular formula is C16H26N4O5. The molecule has 0 radical (unpaired) electrons. The predicted octanol–water partition coefficient (Wildman–Crippen LogP) is 1.00. The van der Waals surface area contributed by atoms with Crippen LogP contribution in [-0.4, -0.2) is 58.0 Å². The van der Waals surface area contributed by atoms with Gasteiger partial charge in [-0.1, -0.05) is 19.8 Å². The molecule has 25 heavy (non-hydrogen) atoms. The van der Waals surface area contributed by atoms with Crippen LogP contribution in [0.25, 0.3) is 0 Å². The molecule has 3 heterocycles. The number of primary amides is 1. The number of ether oxygens (including phenoxy) is 4. The lowest BCUT2D eigenvalue weighted by atomic mass is 10.1. The number of hydrogen-bond acceptors (Lipinski definition) is 7. The first-order valence-corrected chi connectivity index (χ1v) is 8.71. The number of nitrogens with zero attached hydrogens (tertiary/aromatic N) is 3. The van der Waals surface area contributed by atoms with Gasteiger partial charge in [0.15, 0.2) is 12.0 Å². The van der Waals surface area contributed by atoms with E-state index in [4.69, 9.17) is 24.7 Å². The van der Waals surface area contributed by atoms with E-state index in [9.17, 15) is 4.79 Å². The van der Waals surface area contributed by atoms with Gasteiger partial charge in [0.05, 0.1) is 6.61 Å². The number of unbranched alkanes of at least 4 members (excludes halogenated alkanes) is 2. The van der Waals surface area contributed by atoms with Gasteiger partial charge < -0.3 is 24.7 Å². The van der Waals surface area contributed by atoms with Crippen molar-refractivity contribution in [3.05, 3.63) is 12.2 Å². The maximum absolute atomic E-state index is 11.2. The van der Waals surface area contributed by atoms with E-state index in [2.05, 4.69) is 17.0 Å². The molecule has 2 saturated heterocycles. The lowest BCUT2D eigenvalue weighted by molar-refractivity contribution is -0.203. The number of carbonyl (C=O) groups excluding carboxylic acids is 1. The van der Waals surface area contributed by atoms with Gasteiger partial charge in [-0.2, -0.15) is 0 Å². The molecule has 9 heteroatoms. The Balaban J connectivity index is 1.68. The zero-order valence-corrected chi connectivity index (χ0v) is 14.9. The topological polar surface area (TPSA) is 111 Å². The smallest absolute Gasteiger partial charge is 0.288 e. The maximum Gasteiger partial charge on any atom is 0.288 e. The maximum atomic E-state index is 11.2. The van der Waals surface area contributed by atoms with Crippen LogP contribution in [0.2, 0.25) is 0 Å². The highest BCUT2D eigenvalue weighted by Gasteiger charge is 2.56. The average Bonchev–Trinajstić information content (AvgIpc) is 3.21. The molecule has 4 atom stereocenters. The normalized spacial score (nSPS) is 30.5. The summed E-state index contributed by atoms with van der Waals surface area (Å²) in [4.78, 5) is 15.1. The monoisotopic (exact) mass is 354 g/mol. The molecule has 0 bridgehead atoms. The van der Waals surface area contributed by atoms with Crippen LogP contribution in [0.4, 0.5) is 0 Å². The van der Waals surface area contributed by atoms with E-state index in [1.807, 2.05) is 13.8 Å². The number of aromatic nitrogens is 3. The first-order valence-electron chi connectivity index (χ1n) is 8.71. The van der Waals surface area contributed by atoms with E-state index in [1.165, 1.54) is 11.0 Å². The standard InChI is InChI=1S/C16H26N4O5/c1-4-5-6-7-22-8-10-11-12(25-16(2,3)24-11)15(23-10)20-9-18-14(19-20)13(17)21/h9-12,15H,4-8H2,1-3H3,(H2,17,21)/t10-,11-,12-,15-/m1/s1. The molecule has 2 aliphatic heterocycles. The van der Waals surface area contributed by atoms with E-state index >= 15 is 0 Å². The number of rotatable bonds is 8. The average molecular weight is 354 g/mol. The first-order chi connectivity index (χ1) is 11.9. The highest BCUT2D eigenvalue weighted by atomic mass is 16.8. The molecule has 0 saturated carbocycles. The van der Waals surface area contributed by atoms with Crippen molar-refractivity contribution in [2.45, 2.75) is 70.4 Å². The van der Waals surface area contributed by atoms with E-state index in [0.717, 1.165) is 19.3 Å². The molecule has 1 aromatic rings. The second kappa shape index (κ2) is 7.36. The Labute approximate surface area is 146 Å². The highest BCUT2D eigenvalue weighted by molar-refractivity contribution is 5.88. The summed E-state index contributed by atoms with van der Waals surface area (Å²) in [6.07, 6.45) is 3.28.